The van der Waals surface area contributed by atoms with Crippen molar-refractivity contribution in [2.45, 2.75) is 38.6 Å². The maximum Gasteiger partial charge on any atom is 0.253 e. The van der Waals surface area contributed by atoms with Gasteiger partial charge in [0.15, 0.2) is 5.65 Å². The van der Waals surface area contributed by atoms with E-state index in [1.165, 1.54) is 12.1 Å². The normalized spacial score (nSPS) is 14.7. The van der Waals surface area contributed by atoms with Crippen LogP contribution in [-0.4, -0.2) is 38.4 Å². The van der Waals surface area contributed by atoms with Crippen LogP contribution in [0.4, 0.5) is 4.39 Å². The van der Waals surface area contributed by atoms with E-state index in [0.717, 1.165) is 53.8 Å². The average Bonchev–Trinajstić information content (AvgIpc) is 3.22. The number of carbonyl (C=O) groups excluding carboxylic acids is 1. The summed E-state index contributed by atoms with van der Waals surface area (Å²) < 4.78 is 15.8. The highest BCUT2D eigenvalue weighted by molar-refractivity contribution is 5.94. The SMILES string of the molecule is CCCc1nc2cccnc2n1C1CCN(C(=O)c2ccc(-c3cccc(F)c3)cc2)CC1. The summed E-state index contributed by atoms with van der Waals surface area (Å²) in [4.78, 5) is 24.5. The molecule has 0 saturated carbocycles. The lowest BCUT2D eigenvalue weighted by atomic mass is 10.0. The van der Waals surface area contributed by atoms with E-state index in [1.54, 1.807) is 6.07 Å². The first-order valence-corrected chi connectivity index (χ1v) is 11.6. The van der Waals surface area contributed by atoms with Gasteiger partial charge >= 0.3 is 0 Å². The third-order valence-corrected chi connectivity index (χ3v) is 6.40. The van der Waals surface area contributed by atoms with Gasteiger partial charge in [0.1, 0.15) is 17.2 Å². The Labute approximate surface area is 192 Å². The molecule has 0 bridgehead atoms. The Morgan fingerprint density at radius 3 is 2.55 bits per heavy atom. The number of benzene rings is 2. The molecule has 1 aliphatic heterocycles. The lowest BCUT2D eigenvalue weighted by Gasteiger charge is -2.33. The van der Waals surface area contributed by atoms with Gasteiger partial charge in [-0.3, -0.25) is 4.79 Å². The number of piperidine rings is 1. The number of aromatic nitrogens is 3. The third-order valence-electron chi connectivity index (χ3n) is 6.40. The largest absolute Gasteiger partial charge is 0.338 e. The zero-order valence-electron chi connectivity index (χ0n) is 18.7. The van der Waals surface area contributed by atoms with Crippen molar-refractivity contribution in [3.8, 4) is 11.1 Å². The molecule has 0 radical (unpaired) electrons. The first-order valence-electron chi connectivity index (χ1n) is 11.6. The van der Waals surface area contributed by atoms with Gasteiger partial charge in [-0.25, -0.2) is 14.4 Å². The van der Waals surface area contributed by atoms with Crippen LogP contribution in [0, 0.1) is 5.82 Å². The number of halogens is 1. The van der Waals surface area contributed by atoms with Crippen molar-refractivity contribution in [2.24, 2.45) is 0 Å². The predicted octanol–water partition coefficient (Wildman–Crippen LogP) is 5.67. The van der Waals surface area contributed by atoms with E-state index in [2.05, 4.69) is 16.5 Å². The van der Waals surface area contributed by atoms with Gasteiger partial charge < -0.3 is 9.47 Å². The van der Waals surface area contributed by atoms with E-state index in [-0.39, 0.29) is 11.7 Å². The molecule has 0 atom stereocenters. The molecule has 0 spiro atoms. The third kappa shape index (κ3) is 4.25. The fourth-order valence-corrected chi connectivity index (χ4v) is 4.74. The Morgan fingerprint density at radius 2 is 1.82 bits per heavy atom. The summed E-state index contributed by atoms with van der Waals surface area (Å²) >= 11 is 0. The Bertz CT molecular complexity index is 1270. The van der Waals surface area contributed by atoms with Crippen LogP contribution in [0.15, 0.2) is 66.9 Å². The van der Waals surface area contributed by atoms with Gasteiger partial charge in [0.25, 0.3) is 5.91 Å². The molecule has 2 aromatic carbocycles. The summed E-state index contributed by atoms with van der Waals surface area (Å²) in [5.74, 6) is 0.865. The van der Waals surface area contributed by atoms with E-state index in [0.29, 0.717) is 24.7 Å². The number of carbonyl (C=O) groups is 1. The molecule has 1 aliphatic rings. The topological polar surface area (TPSA) is 51.0 Å². The number of rotatable bonds is 5. The van der Waals surface area contributed by atoms with Crippen molar-refractivity contribution in [3.63, 3.8) is 0 Å². The summed E-state index contributed by atoms with van der Waals surface area (Å²) in [6.07, 6.45) is 5.54. The summed E-state index contributed by atoms with van der Waals surface area (Å²) in [5.41, 5.74) is 4.25. The van der Waals surface area contributed by atoms with Gasteiger partial charge in [-0.1, -0.05) is 31.2 Å². The van der Waals surface area contributed by atoms with Gasteiger partial charge in [-0.2, -0.15) is 0 Å². The highest BCUT2D eigenvalue weighted by atomic mass is 19.1. The number of amides is 1. The number of likely N-dealkylation sites (tertiary alicyclic amines) is 1. The van der Waals surface area contributed by atoms with Gasteiger partial charge in [-0.15, -0.1) is 0 Å². The van der Waals surface area contributed by atoms with E-state index in [1.807, 2.05) is 53.6 Å². The second kappa shape index (κ2) is 9.14. The summed E-state index contributed by atoms with van der Waals surface area (Å²) in [5, 5.41) is 0. The van der Waals surface area contributed by atoms with Crippen LogP contribution in [0.1, 0.15) is 48.4 Å². The Balaban J connectivity index is 1.29. The molecule has 1 saturated heterocycles. The number of nitrogens with zero attached hydrogens (tertiary/aromatic N) is 4. The second-order valence-corrected chi connectivity index (χ2v) is 8.61. The van der Waals surface area contributed by atoms with Crippen LogP contribution in [0.25, 0.3) is 22.3 Å². The molecule has 168 valence electrons. The highest BCUT2D eigenvalue weighted by Gasteiger charge is 2.27. The van der Waals surface area contributed by atoms with Crippen molar-refractivity contribution in [2.75, 3.05) is 13.1 Å². The molecule has 0 aliphatic carbocycles. The number of hydrogen-bond acceptors (Lipinski definition) is 3. The molecular formula is C27H27FN4O. The van der Waals surface area contributed by atoms with Crippen molar-refractivity contribution in [1.29, 1.82) is 0 Å². The van der Waals surface area contributed by atoms with Crippen molar-refractivity contribution in [1.82, 2.24) is 19.4 Å². The zero-order chi connectivity index (χ0) is 22.8. The van der Waals surface area contributed by atoms with Crippen LogP contribution < -0.4 is 0 Å². The molecule has 1 amide bonds. The lowest BCUT2D eigenvalue weighted by Crippen LogP contribution is -2.39. The van der Waals surface area contributed by atoms with Crippen LogP contribution in [0.2, 0.25) is 0 Å². The van der Waals surface area contributed by atoms with E-state index < -0.39 is 0 Å². The van der Waals surface area contributed by atoms with E-state index >= 15 is 0 Å². The number of hydrogen-bond donors (Lipinski definition) is 0. The van der Waals surface area contributed by atoms with E-state index in [4.69, 9.17) is 4.98 Å². The summed E-state index contributed by atoms with van der Waals surface area (Å²) in [6, 6.07) is 18.2. The number of aryl methyl sites for hydroxylation is 1. The van der Waals surface area contributed by atoms with Gasteiger partial charge in [-0.05, 0) is 66.8 Å². The Kier molecular flexibility index (Phi) is 5.90. The molecule has 5 rings (SSSR count). The Morgan fingerprint density at radius 1 is 1.03 bits per heavy atom. The van der Waals surface area contributed by atoms with Crippen molar-refractivity contribution >= 4 is 17.1 Å². The molecular weight excluding hydrogens is 415 g/mol. The first-order chi connectivity index (χ1) is 16.1. The molecule has 33 heavy (non-hydrogen) atoms. The number of imidazole rings is 1. The molecule has 2 aromatic heterocycles. The highest BCUT2D eigenvalue weighted by Crippen LogP contribution is 2.29. The van der Waals surface area contributed by atoms with Crippen LogP contribution in [-0.2, 0) is 6.42 Å². The molecule has 0 unspecified atom stereocenters. The fourth-order valence-electron chi connectivity index (χ4n) is 4.74. The molecule has 3 heterocycles. The number of fused-ring (bicyclic) bond motifs is 1. The summed E-state index contributed by atoms with van der Waals surface area (Å²) in [6.45, 7) is 3.57. The van der Waals surface area contributed by atoms with Gasteiger partial charge in [0, 0.05) is 37.3 Å². The number of pyridine rings is 1. The Hall–Kier alpha value is -3.54. The molecule has 5 nitrogen and oxygen atoms in total. The average molecular weight is 443 g/mol. The lowest BCUT2D eigenvalue weighted by molar-refractivity contribution is 0.0695. The standard InChI is InChI=1S/C27H27FN4O/c1-2-5-25-30-24-8-4-15-29-26(24)32(25)23-13-16-31(17-14-23)27(33)20-11-9-19(10-12-20)21-6-3-7-22(28)18-21/h3-4,6-12,15,18,23H,2,5,13-14,16-17H2,1H3. The molecule has 4 aromatic rings. The minimum Gasteiger partial charge on any atom is -0.338 e. The summed E-state index contributed by atoms with van der Waals surface area (Å²) in [7, 11) is 0. The predicted molar refractivity (Wildman–Crippen MR) is 128 cm³/mol. The zero-order valence-corrected chi connectivity index (χ0v) is 18.7. The molecule has 1 fully saturated rings. The minimum absolute atomic E-state index is 0.0432. The monoisotopic (exact) mass is 442 g/mol. The van der Waals surface area contributed by atoms with Crippen molar-refractivity contribution < 1.29 is 9.18 Å². The van der Waals surface area contributed by atoms with E-state index in [9.17, 15) is 9.18 Å². The maximum atomic E-state index is 13.5. The van der Waals surface area contributed by atoms with Gasteiger partial charge in [0.2, 0.25) is 0 Å². The first kappa shape index (κ1) is 21.3. The molecule has 6 heteroatoms. The fraction of sp³-hybridized carbons (Fsp3) is 0.296. The van der Waals surface area contributed by atoms with Crippen LogP contribution in [0.5, 0.6) is 0 Å². The minimum atomic E-state index is -0.265. The van der Waals surface area contributed by atoms with Crippen LogP contribution >= 0.6 is 0 Å². The quantitative estimate of drug-likeness (QED) is 0.400. The maximum absolute atomic E-state index is 13.5. The van der Waals surface area contributed by atoms with Crippen LogP contribution in [0.3, 0.4) is 0 Å². The second-order valence-electron chi connectivity index (χ2n) is 8.61. The van der Waals surface area contributed by atoms with Crippen molar-refractivity contribution in [3.05, 3.63) is 84.1 Å². The smallest absolute Gasteiger partial charge is 0.253 e. The van der Waals surface area contributed by atoms with Gasteiger partial charge in [0.05, 0.1) is 0 Å². The molecule has 0 N–H and O–H groups in total.